The number of hydrogen-bond acceptors (Lipinski definition) is 4. The van der Waals surface area contributed by atoms with Gasteiger partial charge in [0.2, 0.25) is 0 Å². The van der Waals surface area contributed by atoms with E-state index in [1.54, 1.807) is 6.92 Å². The number of nitrogens with zero attached hydrogens (tertiary/aromatic N) is 2. The van der Waals surface area contributed by atoms with E-state index in [0.717, 1.165) is 7.11 Å². The van der Waals surface area contributed by atoms with Gasteiger partial charge in [-0.15, -0.1) is 0 Å². The maximum absolute atomic E-state index is 12.7. The zero-order chi connectivity index (χ0) is 13.3. The van der Waals surface area contributed by atoms with Gasteiger partial charge in [-0.25, -0.2) is 4.79 Å². The molecule has 0 saturated carbocycles. The quantitative estimate of drug-likeness (QED) is 0.818. The topological polar surface area (TPSA) is 62.1 Å². The lowest BCUT2D eigenvalue weighted by molar-refractivity contribution is -0.299. The first-order valence-electron chi connectivity index (χ1n) is 5.00. The highest BCUT2D eigenvalue weighted by atomic mass is 19.4. The van der Waals surface area contributed by atoms with Gasteiger partial charge in [-0.1, -0.05) is 13.3 Å². The Kier molecular flexibility index (Phi) is 3.65. The van der Waals surface area contributed by atoms with Crippen LogP contribution < -0.4 is 0 Å². The number of aliphatic hydroxyl groups is 1. The predicted molar refractivity (Wildman–Crippen MR) is 52.2 cm³/mol. The molecule has 0 aromatic carbocycles. The second-order valence-corrected chi connectivity index (χ2v) is 3.69. The fraction of sp³-hybridized carbons (Fsp3) is 0.778. The van der Waals surface area contributed by atoms with Crippen LogP contribution in [0.3, 0.4) is 0 Å². The Bertz CT molecular complexity index is 343. The number of methoxy groups -OCH3 is 1. The highest BCUT2D eigenvalue weighted by Gasteiger charge is 2.63. The van der Waals surface area contributed by atoms with Crippen molar-refractivity contribution in [2.45, 2.75) is 38.1 Å². The lowest BCUT2D eigenvalue weighted by Gasteiger charge is -2.31. The average molecular weight is 254 g/mol. The van der Waals surface area contributed by atoms with Crippen molar-refractivity contribution in [1.29, 1.82) is 0 Å². The lowest BCUT2D eigenvalue weighted by Crippen LogP contribution is -2.56. The molecule has 0 aliphatic carbocycles. The molecule has 0 fully saturated rings. The van der Waals surface area contributed by atoms with Gasteiger partial charge in [0.15, 0.2) is 0 Å². The summed E-state index contributed by atoms with van der Waals surface area (Å²) in [7, 11) is 0.923. The highest BCUT2D eigenvalue weighted by Crippen LogP contribution is 2.41. The number of rotatable bonds is 2. The number of carbonyl (C=O) groups excluding carboxylic acids is 1. The molecule has 0 aromatic rings. The summed E-state index contributed by atoms with van der Waals surface area (Å²) in [4.78, 5) is 11.2. The van der Waals surface area contributed by atoms with Crippen LogP contribution in [0.1, 0.15) is 26.2 Å². The number of amides is 1. The van der Waals surface area contributed by atoms with Crippen molar-refractivity contribution in [2.24, 2.45) is 5.10 Å². The lowest BCUT2D eigenvalue weighted by atomic mass is 10.0. The summed E-state index contributed by atoms with van der Waals surface area (Å²) in [6, 6.07) is 0. The molecular formula is C9H13F3N2O3. The van der Waals surface area contributed by atoms with E-state index in [9.17, 15) is 23.1 Å². The second-order valence-electron chi connectivity index (χ2n) is 3.69. The molecular weight excluding hydrogens is 241 g/mol. The van der Waals surface area contributed by atoms with E-state index >= 15 is 0 Å². The summed E-state index contributed by atoms with van der Waals surface area (Å²) in [5.74, 6) is 0. The summed E-state index contributed by atoms with van der Waals surface area (Å²) in [6.07, 6.45) is -6.20. The van der Waals surface area contributed by atoms with Crippen LogP contribution in [0.4, 0.5) is 18.0 Å². The molecule has 0 radical (unpaired) electrons. The van der Waals surface area contributed by atoms with Crippen LogP contribution in [-0.2, 0) is 4.74 Å². The summed E-state index contributed by atoms with van der Waals surface area (Å²) < 4.78 is 42.4. The van der Waals surface area contributed by atoms with E-state index < -0.39 is 24.4 Å². The maximum Gasteiger partial charge on any atom is 0.439 e. The molecule has 1 amide bonds. The Morgan fingerprint density at radius 3 is 2.65 bits per heavy atom. The van der Waals surface area contributed by atoms with E-state index in [1.807, 2.05) is 0 Å². The van der Waals surface area contributed by atoms with Crippen molar-refractivity contribution in [3.8, 4) is 0 Å². The molecule has 0 aromatic heterocycles. The first kappa shape index (κ1) is 13.8. The molecule has 8 heteroatoms. The Balaban J connectivity index is 3.04. The third-order valence-corrected chi connectivity index (χ3v) is 2.38. The number of ether oxygens (including phenoxy) is 1. The predicted octanol–water partition coefficient (Wildman–Crippen LogP) is 1.87. The van der Waals surface area contributed by atoms with Gasteiger partial charge in [-0.05, 0) is 6.42 Å². The van der Waals surface area contributed by atoms with Crippen molar-refractivity contribution >= 4 is 11.8 Å². The molecule has 0 bridgehead atoms. The van der Waals surface area contributed by atoms with Crippen LogP contribution in [0.15, 0.2) is 5.10 Å². The van der Waals surface area contributed by atoms with Gasteiger partial charge in [0.05, 0.1) is 7.11 Å². The van der Waals surface area contributed by atoms with Crippen molar-refractivity contribution in [3.05, 3.63) is 0 Å². The molecule has 0 unspecified atom stereocenters. The SMILES string of the molecule is CCCC1=NN(C(=O)OC)[C@](O)(C(F)(F)F)C1. The molecule has 1 atom stereocenters. The number of carbonyl (C=O) groups is 1. The zero-order valence-corrected chi connectivity index (χ0v) is 9.41. The second kappa shape index (κ2) is 4.52. The number of halogens is 3. The van der Waals surface area contributed by atoms with Gasteiger partial charge in [-0.2, -0.15) is 23.3 Å². The van der Waals surface area contributed by atoms with Crippen LogP contribution in [0.25, 0.3) is 0 Å². The molecule has 1 heterocycles. The third kappa shape index (κ3) is 2.36. The van der Waals surface area contributed by atoms with Crippen LogP contribution in [0, 0.1) is 0 Å². The monoisotopic (exact) mass is 254 g/mol. The molecule has 0 spiro atoms. The van der Waals surface area contributed by atoms with Crippen LogP contribution in [0.5, 0.6) is 0 Å². The fourth-order valence-corrected chi connectivity index (χ4v) is 1.54. The summed E-state index contributed by atoms with van der Waals surface area (Å²) in [5, 5.41) is 13.0. The Morgan fingerprint density at radius 1 is 1.65 bits per heavy atom. The van der Waals surface area contributed by atoms with Crippen LogP contribution >= 0.6 is 0 Å². The van der Waals surface area contributed by atoms with E-state index in [4.69, 9.17) is 0 Å². The molecule has 17 heavy (non-hydrogen) atoms. The highest BCUT2D eigenvalue weighted by molar-refractivity contribution is 5.89. The smallest absolute Gasteiger partial charge is 0.439 e. The van der Waals surface area contributed by atoms with Crippen molar-refractivity contribution < 1.29 is 27.8 Å². The van der Waals surface area contributed by atoms with Gasteiger partial charge >= 0.3 is 12.3 Å². The third-order valence-electron chi connectivity index (χ3n) is 2.38. The summed E-state index contributed by atoms with van der Waals surface area (Å²) >= 11 is 0. The molecule has 1 N–H and O–H groups in total. The summed E-state index contributed by atoms with van der Waals surface area (Å²) in [6.45, 7) is 1.76. The van der Waals surface area contributed by atoms with E-state index in [1.165, 1.54) is 0 Å². The maximum atomic E-state index is 12.7. The minimum absolute atomic E-state index is 0.0437. The van der Waals surface area contributed by atoms with Crippen LogP contribution in [-0.4, -0.2) is 40.9 Å². The van der Waals surface area contributed by atoms with Crippen molar-refractivity contribution in [3.63, 3.8) is 0 Å². The van der Waals surface area contributed by atoms with E-state index in [0.29, 0.717) is 6.42 Å². The largest absolute Gasteiger partial charge is 0.451 e. The van der Waals surface area contributed by atoms with E-state index in [-0.39, 0.29) is 17.1 Å². The normalized spacial score (nSPS) is 24.8. The Hall–Kier alpha value is -1.31. The van der Waals surface area contributed by atoms with Crippen molar-refractivity contribution in [1.82, 2.24) is 5.01 Å². The van der Waals surface area contributed by atoms with Gasteiger partial charge in [0.25, 0.3) is 5.72 Å². The van der Waals surface area contributed by atoms with Gasteiger partial charge < -0.3 is 9.84 Å². The van der Waals surface area contributed by atoms with Gasteiger partial charge in [0, 0.05) is 12.1 Å². The van der Waals surface area contributed by atoms with Gasteiger partial charge in [-0.3, -0.25) is 0 Å². The van der Waals surface area contributed by atoms with E-state index in [2.05, 4.69) is 9.84 Å². The molecule has 1 rings (SSSR count). The van der Waals surface area contributed by atoms with Gasteiger partial charge in [0.1, 0.15) is 0 Å². The fourth-order valence-electron chi connectivity index (χ4n) is 1.54. The zero-order valence-electron chi connectivity index (χ0n) is 9.41. The minimum Gasteiger partial charge on any atom is -0.451 e. The first-order valence-corrected chi connectivity index (χ1v) is 5.00. The molecule has 0 saturated heterocycles. The molecule has 5 nitrogen and oxygen atoms in total. The summed E-state index contributed by atoms with van der Waals surface area (Å²) in [5.41, 5.74) is -3.18. The Morgan fingerprint density at radius 2 is 2.24 bits per heavy atom. The molecule has 1 aliphatic heterocycles. The number of alkyl halides is 3. The van der Waals surface area contributed by atoms with Crippen molar-refractivity contribution in [2.75, 3.05) is 7.11 Å². The molecule has 1 aliphatic rings. The average Bonchev–Trinajstić information content (AvgIpc) is 2.56. The standard InChI is InChI=1S/C9H13F3N2O3/c1-3-4-6-5-8(16,9(10,11)12)14(13-6)7(15)17-2/h16H,3-5H2,1-2H3/t8-/m1/s1. The van der Waals surface area contributed by atoms with Crippen LogP contribution in [0.2, 0.25) is 0 Å². The first-order chi connectivity index (χ1) is 7.76. The minimum atomic E-state index is -4.99. The number of hydrogen-bond donors (Lipinski definition) is 1. The Labute approximate surface area is 95.8 Å². The molecule has 98 valence electrons. The number of hydrazone groups is 1.